The summed E-state index contributed by atoms with van der Waals surface area (Å²) in [5.74, 6) is -0.905. The number of benzene rings is 2. The van der Waals surface area contributed by atoms with Crippen LogP contribution >= 0.6 is 15.9 Å². The maximum absolute atomic E-state index is 12.3. The van der Waals surface area contributed by atoms with Gasteiger partial charge in [0.25, 0.3) is 5.91 Å². The number of aryl methyl sites for hydroxylation is 1. The molecule has 2 N–H and O–H groups in total. The van der Waals surface area contributed by atoms with Gasteiger partial charge in [-0.25, -0.2) is 8.42 Å². The Labute approximate surface area is 177 Å². The molecule has 29 heavy (non-hydrogen) atoms. The van der Waals surface area contributed by atoms with Crippen LogP contribution < -0.4 is 14.8 Å². The molecule has 1 atom stereocenters. The fourth-order valence-corrected chi connectivity index (χ4v) is 3.72. The Morgan fingerprint density at radius 2 is 1.79 bits per heavy atom. The molecule has 0 aromatic heterocycles. The van der Waals surface area contributed by atoms with Crippen molar-refractivity contribution in [3.05, 3.63) is 52.5 Å². The normalized spacial score (nSPS) is 12.1. The number of rotatable bonds is 8. The number of methoxy groups -OCH3 is 1. The Balaban J connectivity index is 1.88. The fraction of sp³-hybridized carbons (Fsp3) is 0.263. The first kappa shape index (κ1) is 22.9. The first-order valence-electron chi connectivity index (χ1n) is 8.51. The van der Waals surface area contributed by atoms with Gasteiger partial charge in [0.1, 0.15) is 11.8 Å². The fourth-order valence-electron chi connectivity index (χ4n) is 2.28. The lowest BCUT2D eigenvalue weighted by Crippen LogP contribution is -2.40. The minimum absolute atomic E-state index is 0.0266. The molecule has 0 bridgehead atoms. The summed E-state index contributed by atoms with van der Waals surface area (Å²) < 4.78 is 37.7. The zero-order chi connectivity index (χ0) is 21.6. The van der Waals surface area contributed by atoms with Crippen LogP contribution in [0.25, 0.3) is 0 Å². The molecule has 0 fully saturated rings. The van der Waals surface area contributed by atoms with E-state index >= 15 is 0 Å². The maximum Gasteiger partial charge on any atom is 0.324 e. The Morgan fingerprint density at radius 3 is 2.38 bits per heavy atom. The number of amides is 1. The quantitative estimate of drug-likeness (QED) is 0.557. The van der Waals surface area contributed by atoms with Gasteiger partial charge in [-0.15, -0.1) is 0 Å². The number of carbonyl (C=O) groups is 2. The van der Waals surface area contributed by atoms with Crippen LogP contribution in [0, 0.1) is 6.92 Å². The van der Waals surface area contributed by atoms with Gasteiger partial charge in [-0.3, -0.25) is 9.59 Å². The molecule has 0 saturated heterocycles. The molecule has 0 aliphatic heterocycles. The van der Waals surface area contributed by atoms with E-state index in [-0.39, 0.29) is 4.90 Å². The summed E-state index contributed by atoms with van der Waals surface area (Å²) >= 11 is 3.36. The molecule has 0 saturated carbocycles. The number of nitrogens with one attached hydrogen (secondary N) is 2. The van der Waals surface area contributed by atoms with Crippen molar-refractivity contribution in [3.63, 3.8) is 0 Å². The summed E-state index contributed by atoms with van der Waals surface area (Å²) in [6.45, 7) is 2.66. The van der Waals surface area contributed by atoms with Crippen LogP contribution in [0.1, 0.15) is 12.5 Å². The molecule has 10 heteroatoms. The van der Waals surface area contributed by atoms with E-state index in [4.69, 9.17) is 9.47 Å². The number of anilines is 1. The predicted octanol–water partition coefficient (Wildman–Crippen LogP) is 2.61. The van der Waals surface area contributed by atoms with Crippen LogP contribution in [-0.4, -0.2) is 40.1 Å². The van der Waals surface area contributed by atoms with Crippen molar-refractivity contribution in [2.75, 3.05) is 19.0 Å². The summed E-state index contributed by atoms with van der Waals surface area (Å²) in [7, 11) is -2.47. The molecule has 0 heterocycles. The molecule has 0 aliphatic carbocycles. The molecule has 1 amide bonds. The van der Waals surface area contributed by atoms with Crippen molar-refractivity contribution in [3.8, 4) is 5.75 Å². The van der Waals surface area contributed by atoms with E-state index in [0.717, 1.165) is 10.0 Å². The van der Waals surface area contributed by atoms with Crippen LogP contribution in [0.2, 0.25) is 0 Å². The summed E-state index contributed by atoms with van der Waals surface area (Å²) in [4.78, 5) is 24.0. The first-order valence-corrected chi connectivity index (χ1v) is 10.8. The van der Waals surface area contributed by atoms with Crippen LogP contribution in [0.3, 0.4) is 0 Å². The standard InChI is InChI=1S/C19H21BrN2O6S/c1-12-10-14(4-9-17(12)20)21-18(23)11-28-19(24)13(2)22-29(25,26)16-7-5-15(27-3)6-8-16/h4-10,13,22H,11H2,1-3H3,(H,21,23). The van der Waals surface area contributed by atoms with Gasteiger partial charge in [0.2, 0.25) is 10.0 Å². The highest BCUT2D eigenvalue weighted by atomic mass is 79.9. The number of ether oxygens (including phenoxy) is 2. The van der Waals surface area contributed by atoms with E-state index in [2.05, 4.69) is 26.0 Å². The van der Waals surface area contributed by atoms with Gasteiger partial charge in [0.15, 0.2) is 6.61 Å². The third kappa shape index (κ3) is 6.55. The molecule has 2 aromatic carbocycles. The third-order valence-electron chi connectivity index (χ3n) is 3.84. The Morgan fingerprint density at radius 1 is 1.14 bits per heavy atom. The van der Waals surface area contributed by atoms with Crippen molar-refractivity contribution in [1.29, 1.82) is 0 Å². The monoisotopic (exact) mass is 484 g/mol. The van der Waals surface area contributed by atoms with E-state index in [1.54, 1.807) is 18.2 Å². The van der Waals surface area contributed by atoms with Crippen molar-refractivity contribution in [2.24, 2.45) is 0 Å². The molecule has 1 unspecified atom stereocenters. The minimum Gasteiger partial charge on any atom is -0.497 e. The SMILES string of the molecule is COc1ccc(S(=O)(=O)NC(C)C(=O)OCC(=O)Nc2ccc(Br)c(C)c2)cc1. The van der Waals surface area contributed by atoms with E-state index < -0.39 is 34.5 Å². The van der Waals surface area contributed by atoms with Crippen molar-refractivity contribution >= 4 is 43.5 Å². The maximum atomic E-state index is 12.3. The Kier molecular flexibility index (Phi) is 7.77. The van der Waals surface area contributed by atoms with E-state index in [9.17, 15) is 18.0 Å². The Hall–Kier alpha value is -2.43. The second-order valence-corrected chi connectivity index (χ2v) is 8.71. The summed E-state index contributed by atoms with van der Waals surface area (Å²) in [5.41, 5.74) is 1.49. The van der Waals surface area contributed by atoms with Crippen LogP contribution in [0.5, 0.6) is 5.75 Å². The van der Waals surface area contributed by atoms with Crippen LogP contribution in [-0.2, 0) is 24.3 Å². The van der Waals surface area contributed by atoms with E-state index in [1.807, 2.05) is 6.92 Å². The van der Waals surface area contributed by atoms with E-state index in [1.165, 1.54) is 38.3 Å². The third-order valence-corrected chi connectivity index (χ3v) is 6.29. The minimum atomic E-state index is -3.94. The van der Waals surface area contributed by atoms with Gasteiger partial charge in [-0.05, 0) is 61.9 Å². The van der Waals surface area contributed by atoms with Gasteiger partial charge in [-0.2, -0.15) is 4.72 Å². The molecular weight excluding hydrogens is 464 g/mol. The Bertz CT molecular complexity index is 992. The zero-order valence-electron chi connectivity index (χ0n) is 16.1. The van der Waals surface area contributed by atoms with Gasteiger partial charge < -0.3 is 14.8 Å². The van der Waals surface area contributed by atoms with Crippen molar-refractivity contribution in [2.45, 2.75) is 24.8 Å². The molecule has 0 aliphatic rings. The van der Waals surface area contributed by atoms with Crippen molar-refractivity contribution in [1.82, 2.24) is 4.72 Å². The predicted molar refractivity (Wildman–Crippen MR) is 111 cm³/mol. The van der Waals surface area contributed by atoms with Crippen molar-refractivity contribution < 1.29 is 27.5 Å². The largest absolute Gasteiger partial charge is 0.497 e. The average Bonchev–Trinajstić information content (AvgIpc) is 2.68. The number of halogens is 1. The average molecular weight is 485 g/mol. The van der Waals surface area contributed by atoms with Gasteiger partial charge in [-0.1, -0.05) is 15.9 Å². The van der Waals surface area contributed by atoms with Gasteiger partial charge in [0, 0.05) is 10.2 Å². The number of hydrogen-bond acceptors (Lipinski definition) is 6. The lowest BCUT2D eigenvalue weighted by atomic mass is 10.2. The molecule has 0 radical (unpaired) electrons. The second-order valence-electron chi connectivity index (χ2n) is 6.14. The number of carbonyl (C=O) groups excluding carboxylic acids is 2. The molecule has 2 aromatic rings. The van der Waals surface area contributed by atoms with E-state index in [0.29, 0.717) is 11.4 Å². The lowest BCUT2D eigenvalue weighted by Gasteiger charge is -2.14. The summed E-state index contributed by atoms with van der Waals surface area (Å²) in [6, 6.07) is 9.76. The summed E-state index contributed by atoms with van der Waals surface area (Å²) in [5, 5.41) is 2.60. The highest BCUT2D eigenvalue weighted by molar-refractivity contribution is 9.10. The smallest absolute Gasteiger partial charge is 0.324 e. The molecule has 0 spiro atoms. The highest BCUT2D eigenvalue weighted by Gasteiger charge is 2.23. The molecular formula is C19H21BrN2O6S. The summed E-state index contributed by atoms with van der Waals surface area (Å²) in [6.07, 6.45) is 0. The number of esters is 1. The molecule has 8 nitrogen and oxygen atoms in total. The van der Waals surface area contributed by atoms with Gasteiger partial charge >= 0.3 is 5.97 Å². The lowest BCUT2D eigenvalue weighted by molar-refractivity contribution is -0.148. The van der Waals surface area contributed by atoms with Crippen LogP contribution in [0.15, 0.2) is 51.8 Å². The number of sulfonamides is 1. The van der Waals surface area contributed by atoms with Crippen LogP contribution in [0.4, 0.5) is 5.69 Å². The topological polar surface area (TPSA) is 111 Å². The number of hydrogen-bond donors (Lipinski definition) is 2. The molecule has 156 valence electrons. The zero-order valence-corrected chi connectivity index (χ0v) is 18.5. The first-order chi connectivity index (χ1) is 13.6. The van der Waals surface area contributed by atoms with Gasteiger partial charge in [0.05, 0.1) is 12.0 Å². The highest BCUT2D eigenvalue weighted by Crippen LogP contribution is 2.20. The molecule has 2 rings (SSSR count). The second kappa shape index (κ2) is 9.86.